The molecule has 2 rings (SSSR count). The first kappa shape index (κ1) is 23.5. The zero-order valence-corrected chi connectivity index (χ0v) is 16.0. The van der Waals surface area contributed by atoms with Gasteiger partial charge in [0.2, 0.25) is 10.0 Å². The highest BCUT2D eigenvalue weighted by Crippen LogP contribution is 2.36. The second-order valence-corrected chi connectivity index (χ2v) is 8.47. The average molecular weight is 469 g/mol. The summed E-state index contributed by atoms with van der Waals surface area (Å²) in [5.74, 6) is -0.306. The highest BCUT2D eigenvalue weighted by molar-refractivity contribution is 7.89. The lowest BCUT2D eigenvalue weighted by molar-refractivity contribution is -0.309. The normalized spacial score (nSPS) is 16.1. The smallest absolute Gasteiger partial charge is 0.426 e. The van der Waals surface area contributed by atoms with Crippen LogP contribution in [-0.2, 0) is 14.8 Å². The summed E-state index contributed by atoms with van der Waals surface area (Å²) >= 11 is 5.72. The Balaban J connectivity index is 1.79. The maximum absolute atomic E-state index is 12.4. The molecule has 1 aromatic rings. The third-order valence-electron chi connectivity index (χ3n) is 3.98. The van der Waals surface area contributed by atoms with Crippen molar-refractivity contribution in [3.8, 4) is 0 Å². The topological polar surface area (TPSA) is 75.7 Å². The van der Waals surface area contributed by atoms with E-state index in [0.717, 1.165) is 0 Å². The van der Waals surface area contributed by atoms with E-state index in [1.54, 1.807) is 0 Å². The first-order valence-electron chi connectivity index (χ1n) is 8.04. The molecule has 0 aliphatic carbocycles. The second kappa shape index (κ2) is 8.56. The Morgan fingerprint density at radius 1 is 1.21 bits per heavy atom. The van der Waals surface area contributed by atoms with Gasteiger partial charge in [-0.05, 0) is 30.5 Å². The second-order valence-electron chi connectivity index (χ2n) is 6.26. The Morgan fingerprint density at radius 2 is 1.79 bits per heavy atom. The van der Waals surface area contributed by atoms with Crippen molar-refractivity contribution in [1.82, 2.24) is 9.62 Å². The molecule has 0 saturated carbocycles. The molecule has 0 aromatic heterocycles. The third-order valence-corrected chi connectivity index (χ3v) is 5.67. The van der Waals surface area contributed by atoms with Crippen LogP contribution in [0.5, 0.6) is 0 Å². The molecule has 1 N–H and O–H groups in total. The van der Waals surface area contributed by atoms with Crippen molar-refractivity contribution >= 4 is 27.7 Å². The molecule has 0 bridgehead atoms. The number of carbonyl (C=O) groups is 1. The fraction of sp³-hybridized carbons (Fsp3) is 0.533. The summed E-state index contributed by atoms with van der Waals surface area (Å²) in [6.45, 7) is -0.351. The van der Waals surface area contributed by atoms with Gasteiger partial charge in [-0.25, -0.2) is 17.9 Å². The van der Waals surface area contributed by atoms with Crippen LogP contribution in [0, 0.1) is 5.92 Å². The number of nitrogens with zero attached hydrogens (tertiary/aromatic N) is 1. The minimum atomic E-state index is -5.78. The van der Waals surface area contributed by atoms with Gasteiger partial charge in [0, 0.05) is 24.7 Å². The maximum atomic E-state index is 12.4. The van der Waals surface area contributed by atoms with Crippen molar-refractivity contribution in [2.24, 2.45) is 5.92 Å². The number of carbonyl (C=O) groups excluding carboxylic acids is 1. The van der Waals surface area contributed by atoms with Crippen molar-refractivity contribution in [3.05, 3.63) is 29.3 Å². The predicted molar refractivity (Wildman–Crippen MR) is 88.7 cm³/mol. The molecule has 1 amide bonds. The Morgan fingerprint density at radius 3 is 2.31 bits per heavy atom. The number of benzene rings is 1. The van der Waals surface area contributed by atoms with E-state index in [4.69, 9.17) is 11.6 Å². The zero-order chi connectivity index (χ0) is 22.0. The van der Waals surface area contributed by atoms with Crippen LogP contribution in [-0.4, -0.2) is 57.5 Å². The molecule has 0 unspecified atom stereocenters. The van der Waals surface area contributed by atoms with Crippen LogP contribution in [0.4, 0.5) is 31.1 Å². The molecule has 29 heavy (non-hydrogen) atoms. The summed E-state index contributed by atoms with van der Waals surface area (Å²) in [6, 6.07) is 5.50. The predicted octanol–water partition coefficient (Wildman–Crippen LogP) is 3.57. The van der Waals surface area contributed by atoms with E-state index in [1.165, 1.54) is 24.3 Å². The molecule has 1 aliphatic rings. The van der Waals surface area contributed by atoms with Gasteiger partial charge in [-0.15, -0.1) is 0 Å². The molecular weight excluding hydrogens is 454 g/mol. The van der Waals surface area contributed by atoms with Gasteiger partial charge in [0.25, 0.3) is 6.10 Å². The van der Waals surface area contributed by atoms with E-state index in [-0.39, 0.29) is 41.9 Å². The lowest BCUT2D eigenvalue weighted by Gasteiger charge is -2.39. The minimum Gasteiger partial charge on any atom is -0.426 e. The number of alkyl halides is 6. The van der Waals surface area contributed by atoms with Crippen molar-refractivity contribution in [3.63, 3.8) is 0 Å². The summed E-state index contributed by atoms with van der Waals surface area (Å²) in [6.07, 6.45) is -17.3. The Bertz CT molecular complexity index is 826. The molecule has 1 aromatic carbocycles. The highest BCUT2D eigenvalue weighted by atomic mass is 35.5. The Kier molecular flexibility index (Phi) is 6.95. The lowest BCUT2D eigenvalue weighted by Crippen LogP contribution is -2.54. The fourth-order valence-corrected chi connectivity index (χ4v) is 3.86. The molecule has 164 valence electrons. The molecule has 14 heteroatoms. The number of ether oxygens (including phenoxy) is 1. The number of amides is 1. The minimum absolute atomic E-state index is 0.0455. The average Bonchev–Trinajstić information content (AvgIpc) is 2.52. The van der Waals surface area contributed by atoms with E-state index >= 15 is 0 Å². The number of sulfonamides is 1. The van der Waals surface area contributed by atoms with E-state index in [2.05, 4.69) is 9.46 Å². The molecule has 0 spiro atoms. The summed E-state index contributed by atoms with van der Waals surface area (Å²) in [5, 5.41) is 0.219. The van der Waals surface area contributed by atoms with Gasteiger partial charge in [0.15, 0.2) is 0 Å². The van der Waals surface area contributed by atoms with Gasteiger partial charge in [0.05, 0.1) is 4.90 Å². The number of hydrogen-bond donors (Lipinski definition) is 1. The van der Waals surface area contributed by atoms with Gasteiger partial charge in [-0.3, -0.25) is 0 Å². The first-order chi connectivity index (χ1) is 13.2. The molecule has 0 radical (unpaired) electrons. The van der Waals surface area contributed by atoms with Crippen LogP contribution in [0.25, 0.3) is 0 Å². The van der Waals surface area contributed by atoms with E-state index in [9.17, 15) is 39.6 Å². The molecule has 1 fully saturated rings. The van der Waals surface area contributed by atoms with Gasteiger partial charge in [-0.1, -0.05) is 17.7 Å². The standard InChI is InChI=1S/C15H15ClF6N2O4S/c16-10-2-1-3-11(6-10)29(26,27)23-5-4-9-7-24(8-9)13(25)28-12(14(17,18)19)15(20,21)22/h1-3,6,9,12,23H,4-5,7-8H2. The van der Waals surface area contributed by atoms with E-state index < -0.39 is 34.6 Å². The van der Waals surface area contributed by atoms with Gasteiger partial charge in [-0.2, -0.15) is 26.3 Å². The molecule has 6 nitrogen and oxygen atoms in total. The third kappa shape index (κ3) is 6.37. The van der Waals surface area contributed by atoms with E-state index in [1.807, 2.05) is 0 Å². The summed E-state index contributed by atoms with van der Waals surface area (Å²) < 4.78 is 104. The molecule has 1 heterocycles. The van der Waals surface area contributed by atoms with E-state index in [0.29, 0.717) is 4.90 Å². The van der Waals surface area contributed by atoms with Crippen LogP contribution >= 0.6 is 11.6 Å². The molecule has 1 aliphatic heterocycles. The van der Waals surface area contributed by atoms with Crippen molar-refractivity contribution < 1.29 is 44.3 Å². The summed E-state index contributed by atoms with van der Waals surface area (Å²) in [5.41, 5.74) is 0. The van der Waals surface area contributed by atoms with Gasteiger partial charge >= 0.3 is 18.4 Å². The molecule has 0 atom stereocenters. The van der Waals surface area contributed by atoms with Crippen LogP contribution in [0.1, 0.15) is 6.42 Å². The molecular formula is C15H15ClF6N2O4S. The number of hydrogen-bond acceptors (Lipinski definition) is 4. The number of nitrogens with one attached hydrogen (secondary N) is 1. The van der Waals surface area contributed by atoms with Crippen molar-refractivity contribution in [2.45, 2.75) is 29.8 Å². The van der Waals surface area contributed by atoms with Crippen LogP contribution in [0.15, 0.2) is 29.2 Å². The quantitative estimate of drug-likeness (QED) is 0.648. The fourth-order valence-electron chi connectivity index (χ4n) is 2.51. The van der Waals surface area contributed by atoms with Crippen molar-refractivity contribution in [1.29, 1.82) is 0 Å². The Labute approximate surface area is 166 Å². The zero-order valence-electron chi connectivity index (χ0n) is 14.4. The first-order valence-corrected chi connectivity index (χ1v) is 9.90. The largest absolute Gasteiger partial charge is 0.434 e. The molecule has 1 saturated heterocycles. The van der Waals surface area contributed by atoms with Crippen LogP contribution in [0.2, 0.25) is 5.02 Å². The summed E-state index contributed by atoms with van der Waals surface area (Å²) in [7, 11) is -3.83. The summed E-state index contributed by atoms with van der Waals surface area (Å²) in [4.78, 5) is 12.1. The monoisotopic (exact) mass is 468 g/mol. The Hall–Kier alpha value is -1.73. The number of rotatable bonds is 6. The SMILES string of the molecule is O=C(OC(C(F)(F)F)C(F)(F)F)N1CC(CCNS(=O)(=O)c2cccc(Cl)c2)C1. The van der Waals surface area contributed by atoms with Gasteiger partial charge in [0.1, 0.15) is 0 Å². The maximum Gasteiger partial charge on any atom is 0.434 e. The van der Waals surface area contributed by atoms with Crippen molar-refractivity contribution in [2.75, 3.05) is 19.6 Å². The van der Waals surface area contributed by atoms with Gasteiger partial charge < -0.3 is 9.64 Å². The number of halogens is 7. The van der Waals surface area contributed by atoms with Crippen LogP contribution < -0.4 is 4.72 Å². The highest BCUT2D eigenvalue weighted by Gasteiger charge is 2.60. The van der Waals surface area contributed by atoms with Crippen LogP contribution in [0.3, 0.4) is 0 Å². The number of likely N-dealkylation sites (tertiary alicyclic amines) is 1. The lowest BCUT2D eigenvalue weighted by atomic mass is 9.97.